The van der Waals surface area contributed by atoms with E-state index in [-0.39, 0.29) is 0 Å². The summed E-state index contributed by atoms with van der Waals surface area (Å²) in [5.41, 5.74) is 3.63. The van der Waals surface area contributed by atoms with E-state index in [1.165, 1.54) is 11.3 Å². The van der Waals surface area contributed by atoms with Crippen molar-refractivity contribution >= 4 is 0 Å². The molecule has 0 bridgehead atoms. The molecule has 0 amide bonds. The number of nitrogens with zero attached hydrogens (tertiary/aromatic N) is 1. The molecule has 1 unspecified atom stereocenters. The van der Waals surface area contributed by atoms with E-state index in [9.17, 15) is 0 Å². The molecule has 2 nitrogen and oxygen atoms in total. The maximum Gasteiger partial charge on any atom is 0.103 e. The number of aryl methyl sites for hydroxylation is 2. The van der Waals surface area contributed by atoms with Gasteiger partial charge in [0.2, 0.25) is 0 Å². The molecule has 1 aromatic carbocycles. The minimum absolute atomic E-state index is 0.358. The van der Waals surface area contributed by atoms with Gasteiger partial charge < -0.3 is 4.98 Å². The van der Waals surface area contributed by atoms with Gasteiger partial charge in [0.1, 0.15) is 5.82 Å². The molecular formula is C13H16N2. The fraction of sp³-hybridized carbons (Fsp3) is 0.308. The normalized spacial score (nSPS) is 12.7. The maximum absolute atomic E-state index is 4.53. The average molecular weight is 200 g/mol. The highest BCUT2D eigenvalue weighted by Crippen LogP contribution is 2.24. The zero-order valence-electron chi connectivity index (χ0n) is 9.41. The summed E-state index contributed by atoms with van der Waals surface area (Å²) in [5, 5.41) is 0. The lowest BCUT2D eigenvalue weighted by Crippen LogP contribution is -1.98. The summed E-state index contributed by atoms with van der Waals surface area (Å²) in [6.45, 7) is 6.26. The summed E-state index contributed by atoms with van der Waals surface area (Å²) in [5.74, 6) is 1.35. The Kier molecular flexibility index (Phi) is 2.58. The molecule has 2 heteroatoms. The van der Waals surface area contributed by atoms with Crippen LogP contribution >= 0.6 is 0 Å². The summed E-state index contributed by atoms with van der Waals surface area (Å²) >= 11 is 0. The molecule has 1 heterocycles. The van der Waals surface area contributed by atoms with Crippen LogP contribution in [0.2, 0.25) is 0 Å². The molecule has 15 heavy (non-hydrogen) atoms. The van der Waals surface area contributed by atoms with Crippen LogP contribution < -0.4 is 0 Å². The van der Waals surface area contributed by atoms with Crippen molar-refractivity contribution in [2.75, 3.05) is 0 Å². The largest absolute Gasteiger partial charge is 0.346 e. The highest BCUT2D eigenvalue weighted by molar-refractivity contribution is 5.30. The second-order valence-corrected chi connectivity index (χ2v) is 3.96. The zero-order valence-corrected chi connectivity index (χ0v) is 9.41. The molecule has 0 radical (unpaired) electrons. The minimum atomic E-state index is 0.358. The topological polar surface area (TPSA) is 28.7 Å². The number of H-pyrrole nitrogens is 1. The van der Waals surface area contributed by atoms with Crippen LogP contribution in [0.5, 0.6) is 0 Å². The second-order valence-electron chi connectivity index (χ2n) is 3.96. The van der Waals surface area contributed by atoms with Crippen LogP contribution in [0.1, 0.15) is 35.6 Å². The summed E-state index contributed by atoms with van der Waals surface area (Å²) < 4.78 is 0. The van der Waals surface area contributed by atoms with E-state index < -0.39 is 0 Å². The van der Waals surface area contributed by atoms with E-state index in [0.717, 1.165) is 11.5 Å². The van der Waals surface area contributed by atoms with Crippen molar-refractivity contribution in [3.8, 4) is 0 Å². The van der Waals surface area contributed by atoms with Crippen LogP contribution in [0.25, 0.3) is 0 Å². The number of aromatic nitrogens is 2. The molecule has 78 valence electrons. The third-order valence-electron chi connectivity index (χ3n) is 2.75. The van der Waals surface area contributed by atoms with E-state index in [2.05, 4.69) is 48.1 Å². The predicted octanol–water partition coefficient (Wildman–Crippen LogP) is 3.18. The van der Waals surface area contributed by atoms with Gasteiger partial charge in [0.25, 0.3) is 0 Å². The van der Waals surface area contributed by atoms with Crippen molar-refractivity contribution < 1.29 is 0 Å². The van der Waals surface area contributed by atoms with Crippen LogP contribution in [0.3, 0.4) is 0 Å². The van der Waals surface area contributed by atoms with Crippen molar-refractivity contribution in [2.24, 2.45) is 0 Å². The second kappa shape index (κ2) is 3.89. The number of benzene rings is 1. The standard InChI is InChI=1S/C13H16N2/c1-9(12-7-5-4-6-8-12)13-10(2)14-11(3)15-13/h4-9H,1-3H3,(H,14,15). The van der Waals surface area contributed by atoms with Crippen molar-refractivity contribution in [3.05, 3.63) is 53.1 Å². The Hall–Kier alpha value is -1.57. The van der Waals surface area contributed by atoms with Gasteiger partial charge in [-0.05, 0) is 19.4 Å². The summed E-state index contributed by atoms with van der Waals surface area (Å²) in [7, 11) is 0. The fourth-order valence-electron chi connectivity index (χ4n) is 1.95. The van der Waals surface area contributed by atoms with Crippen LogP contribution in [0.4, 0.5) is 0 Å². The smallest absolute Gasteiger partial charge is 0.103 e. The molecule has 0 spiro atoms. The number of hydrogen-bond donors (Lipinski definition) is 1. The number of nitrogens with one attached hydrogen (secondary N) is 1. The van der Waals surface area contributed by atoms with Gasteiger partial charge in [-0.3, -0.25) is 0 Å². The van der Waals surface area contributed by atoms with Gasteiger partial charge in [-0.2, -0.15) is 0 Å². The molecule has 0 fully saturated rings. The minimum Gasteiger partial charge on any atom is -0.346 e. The molecule has 2 aromatic rings. The summed E-state index contributed by atoms with van der Waals surface area (Å²) in [4.78, 5) is 7.78. The Labute approximate surface area is 90.4 Å². The SMILES string of the molecule is Cc1nc(C(C)c2ccccc2)c(C)[nH]1. The first-order valence-corrected chi connectivity index (χ1v) is 5.26. The Morgan fingerprint density at radius 1 is 1.13 bits per heavy atom. The Balaban J connectivity index is 2.36. The lowest BCUT2D eigenvalue weighted by Gasteiger charge is -2.09. The predicted molar refractivity (Wildman–Crippen MR) is 62.0 cm³/mol. The van der Waals surface area contributed by atoms with Crippen LogP contribution in [-0.4, -0.2) is 9.97 Å². The molecule has 0 saturated carbocycles. The summed E-state index contributed by atoms with van der Waals surface area (Å²) in [6, 6.07) is 10.5. The van der Waals surface area contributed by atoms with Crippen LogP contribution in [-0.2, 0) is 0 Å². The molecule has 0 aliphatic carbocycles. The van der Waals surface area contributed by atoms with Crippen molar-refractivity contribution in [1.29, 1.82) is 0 Å². The van der Waals surface area contributed by atoms with Crippen LogP contribution in [0, 0.1) is 13.8 Å². The molecule has 0 aliphatic rings. The number of rotatable bonds is 2. The van der Waals surface area contributed by atoms with Crippen LogP contribution in [0.15, 0.2) is 30.3 Å². The number of imidazole rings is 1. The monoisotopic (exact) mass is 200 g/mol. The van der Waals surface area contributed by atoms with E-state index in [1.807, 2.05) is 13.0 Å². The number of aromatic amines is 1. The first-order chi connectivity index (χ1) is 7.18. The molecule has 1 aromatic heterocycles. The van der Waals surface area contributed by atoms with Gasteiger partial charge in [-0.25, -0.2) is 4.98 Å². The maximum atomic E-state index is 4.53. The van der Waals surface area contributed by atoms with Gasteiger partial charge in [-0.15, -0.1) is 0 Å². The first-order valence-electron chi connectivity index (χ1n) is 5.26. The van der Waals surface area contributed by atoms with E-state index >= 15 is 0 Å². The van der Waals surface area contributed by atoms with Crippen molar-refractivity contribution in [3.63, 3.8) is 0 Å². The van der Waals surface area contributed by atoms with Gasteiger partial charge in [-0.1, -0.05) is 37.3 Å². The molecule has 1 N–H and O–H groups in total. The van der Waals surface area contributed by atoms with Gasteiger partial charge in [0, 0.05) is 11.6 Å². The quantitative estimate of drug-likeness (QED) is 0.792. The third kappa shape index (κ3) is 1.94. The molecule has 0 aliphatic heterocycles. The van der Waals surface area contributed by atoms with E-state index in [4.69, 9.17) is 0 Å². The summed E-state index contributed by atoms with van der Waals surface area (Å²) in [6.07, 6.45) is 0. The third-order valence-corrected chi connectivity index (χ3v) is 2.75. The van der Waals surface area contributed by atoms with Gasteiger partial charge in [0.05, 0.1) is 5.69 Å². The average Bonchev–Trinajstić information content (AvgIpc) is 2.58. The molecule has 1 atom stereocenters. The molecule has 0 saturated heterocycles. The zero-order chi connectivity index (χ0) is 10.8. The Morgan fingerprint density at radius 3 is 2.33 bits per heavy atom. The highest BCUT2D eigenvalue weighted by atomic mass is 14.9. The lowest BCUT2D eigenvalue weighted by atomic mass is 9.97. The highest BCUT2D eigenvalue weighted by Gasteiger charge is 2.13. The van der Waals surface area contributed by atoms with Gasteiger partial charge in [0.15, 0.2) is 0 Å². The fourth-order valence-corrected chi connectivity index (χ4v) is 1.95. The van der Waals surface area contributed by atoms with E-state index in [1.54, 1.807) is 0 Å². The Morgan fingerprint density at radius 2 is 1.80 bits per heavy atom. The van der Waals surface area contributed by atoms with Crippen molar-refractivity contribution in [2.45, 2.75) is 26.7 Å². The van der Waals surface area contributed by atoms with Gasteiger partial charge >= 0.3 is 0 Å². The molecule has 2 rings (SSSR count). The van der Waals surface area contributed by atoms with E-state index in [0.29, 0.717) is 5.92 Å². The first kappa shape index (κ1) is 9.97. The Bertz CT molecular complexity index is 443. The van der Waals surface area contributed by atoms with Crippen molar-refractivity contribution in [1.82, 2.24) is 9.97 Å². The molecular weight excluding hydrogens is 184 g/mol. The number of hydrogen-bond acceptors (Lipinski definition) is 1. The lowest BCUT2D eigenvalue weighted by molar-refractivity contribution is 0.868.